The van der Waals surface area contributed by atoms with E-state index in [0.29, 0.717) is 0 Å². The van der Waals surface area contributed by atoms with E-state index in [1.54, 1.807) is 0 Å². The summed E-state index contributed by atoms with van der Waals surface area (Å²) >= 11 is 0. The van der Waals surface area contributed by atoms with Gasteiger partial charge in [-0.1, -0.05) is 201 Å². The Kier molecular flexibility index (Phi) is 7.22. The Bertz CT molecular complexity index is 3140. The van der Waals surface area contributed by atoms with E-state index in [1.165, 1.54) is 115 Å². The molecule has 0 fully saturated rings. The first-order valence-electron chi connectivity index (χ1n) is 19.8. The van der Waals surface area contributed by atoms with Gasteiger partial charge in [0.2, 0.25) is 0 Å². The maximum absolute atomic E-state index is 2.47. The molecule has 264 valence electrons. The fourth-order valence-corrected chi connectivity index (χ4v) is 9.93. The summed E-state index contributed by atoms with van der Waals surface area (Å²) in [7, 11) is 0. The lowest BCUT2D eigenvalue weighted by atomic mass is 9.80. The van der Waals surface area contributed by atoms with Crippen LogP contribution in [0.5, 0.6) is 0 Å². The Labute approximate surface area is 328 Å². The lowest BCUT2D eigenvalue weighted by Gasteiger charge is -2.23. The molecule has 0 unspecified atom stereocenters. The highest BCUT2D eigenvalue weighted by Gasteiger charge is 2.35. The van der Waals surface area contributed by atoms with E-state index in [2.05, 4.69) is 209 Å². The maximum atomic E-state index is 2.47. The predicted molar refractivity (Wildman–Crippen MR) is 241 cm³/mol. The summed E-state index contributed by atoms with van der Waals surface area (Å²) in [6.07, 6.45) is 0. The van der Waals surface area contributed by atoms with E-state index < -0.39 is 0 Å². The topological polar surface area (TPSA) is 0 Å². The molecule has 1 aliphatic rings. The zero-order valence-corrected chi connectivity index (χ0v) is 31.9. The van der Waals surface area contributed by atoms with Gasteiger partial charge in [0.25, 0.3) is 0 Å². The number of aryl methyl sites for hydroxylation is 1. The van der Waals surface area contributed by atoms with E-state index in [0.717, 1.165) is 0 Å². The van der Waals surface area contributed by atoms with E-state index >= 15 is 0 Å². The number of benzene rings is 10. The molecule has 0 aromatic heterocycles. The average Bonchev–Trinajstić information content (AvgIpc) is 3.47. The summed E-state index contributed by atoms with van der Waals surface area (Å²) in [5.74, 6) is 0. The number of hydrogen-bond acceptors (Lipinski definition) is 0. The third kappa shape index (κ3) is 4.79. The van der Waals surface area contributed by atoms with Crippen LogP contribution in [0.4, 0.5) is 0 Å². The first-order chi connectivity index (χ1) is 27.5. The summed E-state index contributed by atoms with van der Waals surface area (Å²) in [5, 5.41) is 10.2. The molecule has 11 rings (SSSR count). The summed E-state index contributed by atoms with van der Waals surface area (Å²) in [6.45, 7) is 6.94. The number of hydrogen-bond donors (Lipinski definition) is 0. The van der Waals surface area contributed by atoms with Gasteiger partial charge >= 0.3 is 0 Å². The minimum absolute atomic E-state index is 0.0629. The second-order valence-corrected chi connectivity index (χ2v) is 16.1. The minimum atomic E-state index is -0.0629. The lowest BCUT2D eigenvalue weighted by molar-refractivity contribution is 0.660. The highest BCUT2D eigenvalue weighted by atomic mass is 14.4. The van der Waals surface area contributed by atoms with E-state index in [9.17, 15) is 0 Å². The third-order valence-corrected chi connectivity index (χ3v) is 12.5. The maximum Gasteiger partial charge on any atom is 0.0159 e. The van der Waals surface area contributed by atoms with Gasteiger partial charge in [0.15, 0.2) is 0 Å². The van der Waals surface area contributed by atoms with Gasteiger partial charge in [-0.3, -0.25) is 0 Å². The molecule has 56 heavy (non-hydrogen) atoms. The van der Waals surface area contributed by atoms with Crippen LogP contribution in [0.3, 0.4) is 0 Å². The van der Waals surface area contributed by atoms with Crippen LogP contribution in [0.25, 0.3) is 98.7 Å². The van der Waals surface area contributed by atoms with E-state index in [1.807, 2.05) is 0 Å². The van der Waals surface area contributed by atoms with Crippen molar-refractivity contribution in [1.82, 2.24) is 0 Å². The molecule has 0 radical (unpaired) electrons. The summed E-state index contributed by atoms with van der Waals surface area (Å²) in [4.78, 5) is 0. The molecule has 1 aliphatic carbocycles. The third-order valence-electron chi connectivity index (χ3n) is 12.5. The van der Waals surface area contributed by atoms with Gasteiger partial charge in [-0.2, -0.15) is 0 Å². The van der Waals surface area contributed by atoms with Gasteiger partial charge in [-0.25, -0.2) is 0 Å². The van der Waals surface area contributed by atoms with Crippen LogP contribution >= 0.6 is 0 Å². The van der Waals surface area contributed by atoms with Crippen molar-refractivity contribution in [3.8, 4) is 55.6 Å². The van der Waals surface area contributed by atoms with Crippen molar-refractivity contribution in [2.75, 3.05) is 0 Å². The Morgan fingerprint density at radius 3 is 1.23 bits per heavy atom. The largest absolute Gasteiger partial charge is 0.0622 e. The lowest BCUT2D eigenvalue weighted by Crippen LogP contribution is -2.14. The quantitative estimate of drug-likeness (QED) is 0.159. The summed E-state index contributed by atoms with van der Waals surface area (Å²) in [6, 6.07) is 70.2. The monoisotopic (exact) mass is 712 g/mol. The highest BCUT2D eigenvalue weighted by molar-refractivity contribution is 6.23. The van der Waals surface area contributed by atoms with Crippen molar-refractivity contribution < 1.29 is 0 Å². The zero-order valence-electron chi connectivity index (χ0n) is 31.9. The zero-order chi connectivity index (χ0) is 37.5. The molecule has 0 nitrogen and oxygen atoms in total. The van der Waals surface area contributed by atoms with Crippen LogP contribution < -0.4 is 0 Å². The second kappa shape index (κ2) is 12.4. The molecule has 0 saturated heterocycles. The van der Waals surface area contributed by atoms with Crippen LogP contribution in [0.15, 0.2) is 188 Å². The van der Waals surface area contributed by atoms with Crippen molar-refractivity contribution in [2.45, 2.75) is 26.2 Å². The minimum Gasteiger partial charge on any atom is -0.0622 e. The Morgan fingerprint density at radius 2 is 0.679 bits per heavy atom. The molecule has 0 heteroatoms. The molecule has 0 N–H and O–H groups in total. The Hall–Kier alpha value is -6.76. The molecular formula is C56H40. The smallest absolute Gasteiger partial charge is 0.0159 e. The SMILES string of the molecule is Cc1ccc2c(-c3ccc(-c4c5ccccc5c(-c5ccc6c(c5)C(C)(C)c5ccccc5-6)c5ccccc45)cc3)c3ccccc3c(-c3ccccc3)c2c1. The molecule has 0 heterocycles. The first kappa shape index (κ1) is 32.7. The summed E-state index contributed by atoms with van der Waals surface area (Å²) < 4.78 is 0. The Balaban J connectivity index is 1.11. The second-order valence-electron chi connectivity index (χ2n) is 16.1. The van der Waals surface area contributed by atoms with E-state index in [4.69, 9.17) is 0 Å². The summed E-state index contributed by atoms with van der Waals surface area (Å²) in [5.41, 5.74) is 16.9. The Morgan fingerprint density at radius 1 is 0.286 bits per heavy atom. The first-order valence-corrected chi connectivity index (χ1v) is 19.8. The van der Waals surface area contributed by atoms with Crippen molar-refractivity contribution in [3.05, 3.63) is 205 Å². The van der Waals surface area contributed by atoms with Crippen LogP contribution in [-0.4, -0.2) is 0 Å². The van der Waals surface area contributed by atoms with Gasteiger partial charge in [0, 0.05) is 5.41 Å². The van der Waals surface area contributed by atoms with Crippen molar-refractivity contribution in [1.29, 1.82) is 0 Å². The normalized spacial score (nSPS) is 13.1. The fraction of sp³-hybridized carbons (Fsp3) is 0.0714. The standard InChI is InChI=1S/C56H40/c1-35-25-31-48-49(33-35)54(36-15-5-4-6-16-36)45-21-10-7-18-42(45)53(48)38-28-26-37(27-29-38)52-43-19-8-11-22-46(43)55(47-23-12-9-20-44(47)52)39-30-32-41-40-17-13-14-24-50(40)56(2,3)51(41)34-39/h4-34H,1-3H3. The van der Waals surface area contributed by atoms with Crippen LogP contribution in [0.2, 0.25) is 0 Å². The molecule has 0 atom stereocenters. The molecule has 0 aliphatic heterocycles. The predicted octanol–water partition coefficient (Wildman–Crippen LogP) is 15.6. The number of fused-ring (bicyclic) bond motifs is 7. The van der Waals surface area contributed by atoms with Crippen LogP contribution in [-0.2, 0) is 5.41 Å². The van der Waals surface area contributed by atoms with Crippen molar-refractivity contribution in [3.63, 3.8) is 0 Å². The fourth-order valence-electron chi connectivity index (χ4n) is 9.93. The molecule has 10 aromatic carbocycles. The molecule has 0 bridgehead atoms. The van der Waals surface area contributed by atoms with Gasteiger partial charge in [0.1, 0.15) is 0 Å². The van der Waals surface area contributed by atoms with Gasteiger partial charge in [0.05, 0.1) is 0 Å². The highest BCUT2D eigenvalue weighted by Crippen LogP contribution is 2.51. The van der Waals surface area contributed by atoms with Crippen LogP contribution in [0, 0.1) is 6.92 Å². The molecule has 0 saturated carbocycles. The molecule has 0 amide bonds. The van der Waals surface area contributed by atoms with Crippen LogP contribution in [0.1, 0.15) is 30.5 Å². The molecular weight excluding hydrogens is 673 g/mol. The van der Waals surface area contributed by atoms with Gasteiger partial charge in [-0.15, -0.1) is 0 Å². The number of rotatable bonds is 4. The van der Waals surface area contributed by atoms with Crippen molar-refractivity contribution in [2.24, 2.45) is 0 Å². The average molecular weight is 713 g/mol. The van der Waals surface area contributed by atoms with Gasteiger partial charge in [-0.05, 0) is 123 Å². The van der Waals surface area contributed by atoms with E-state index in [-0.39, 0.29) is 5.41 Å². The van der Waals surface area contributed by atoms with Crippen molar-refractivity contribution >= 4 is 43.1 Å². The molecule has 0 spiro atoms. The molecule has 10 aromatic rings. The van der Waals surface area contributed by atoms with Gasteiger partial charge < -0.3 is 0 Å².